The Balaban J connectivity index is 1.35. The first kappa shape index (κ1) is 22.1. The number of hydrogen-bond acceptors (Lipinski definition) is 5. The molecular weight excluding hydrogens is 402 g/mol. The van der Waals surface area contributed by atoms with E-state index in [4.69, 9.17) is 18.9 Å². The topological polar surface area (TPSA) is 61.6 Å². The molecule has 0 spiro atoms. The van der Waals surface area contributed by atoms with Crippen LogP contribution < -0.4 is 4.74 Å². The number of ether oxygens (including phenoxy) is 2. The zero-order chi connectivity index (χ0) is 22.5. The van der Waals surface area contributed by atoms with Crippen LogP contribution in [0.15, 0.2) is 46.9 Å². The van der Waals surface area contributed by atoms with Crippen molar-refractivity contribution in [3.63, 3.8) is 0 Å². The first-order valence-electron chi connectivity index (χ1n) is 11.5. The Labute approximate surface area is 189 Å². The molecule has 0 fully saturated rings. The number of esters is 1. The summed E-state index contributed by atoms with van der Waals surface area (Å²) in [6.07, 6.45) is 4.08. The molecule has 0 radical (unpaired) electrons. The highest BCUT2D eigenvalue weighted by Gasteiger charge is 2.25. The Morgan fingerprint density at radius 3 is 2.88 bits per heavy atom. The first-order chi connectivity index (χ1) is 15.6. The summed E-state index contributed by atoms with van der Waals surface area (Å²) >= 11 is 0. The zero-order valence-electron chi connectivity index (χ0n) is 19.1. The summed E-state index contributed by atoms with van der Waals surface area (Å²) in [5.41, 5.74) is 5.72. The van der Waals surface area contributed by atoms with Crippen LogP contribution in [0, 0.1) is 6.92 Å². The molecule has 2 aromatic carbocycles. The van der Waals surface area contributed by atoms with Crippen molar-refractivity contribution < 1.29 is 18.7 Å². The largest absolute Gasteiger partial charge is 0.493 e. The van der Waals surface area contributed by atoms with Gasteiger partial charge in [0, 0.05) is 12.0 Å². The fraction of sp³-hybridized carbons (Fsp3) is 0.407. The number of carbonyl (C=O) groups excluding carboxylic acids is 1. The molecular formula is C27H31NO4. The molecule has 4 rings (SSSR count). The van der Waals surface area contributed by atoms with Gasteiger partial charge in [0.1, 0.15) is 11.5 Å². The molecule has 0 amide bonds. The maximum Gasteiger partial charge on any atom is 0.306 e. The van der Waals surface area contributed by atoms with Crippen molar-refractivity contribution in [3.05, 3.63) is 70.6 Å². The minimum Gasteiger partial charge on any atom is -0.493 e. The van der Waals surface area contributed by atoms with Crippen molar-refractivity contribution in [3.8, 4) is 17.2 Å². The maximum atomic E-state index is 11.8. The van der Waals surface area contributed by atoms with Crippen LogP contribution in [0.5, 0.6) is 5.75 Å². The van der Waals surface area contributed by atoms with E-state index in [-0.39, 0.29) is 11.9 Å². The van der Waals surface area contributed by atoms with Gasteiger partial charge in [-0.3, -0.25) is 4.79 Å². The molecule has 0 bridgehead atoms. The summed E-state index contributed by atoms with van der Waals surface area (Å²) in [4.78, 5) is 16.5. The number of oxazole rings is 1. The molecule has 1 aliphatic rings. The molecule has 5 nitrogen and oxygen atoms in total. The molecule has 0 aliphatic heterocycles. The Hall–Kier alpha value is -3.08. The van der Waals surface area contributed by atoms with Gasteiger partial charge in [-0.25, -0.2) is 4.98 Å². The van der Waals surface area contributed by atoms with Gasteiger partial charge in [0.25, 0.3) is 0 Å². The number of hydrogen-bond donors (Lipinski definition) is 0. The maximum absolute atomic E-state index is 11.8. The van der Waals surface area contributed by atoms with E-state index < -0.39 is 0 Å². The molecule has 0 unspecified atom stereocenters. The molecule has 3 aromatic rings. The van der Waals surface area contributed by atoms with E-state index >= 15 is 0 Å². The third kappa shape index (κ3) is 5.04. The first-order valence-corrected chi connectivity index (χ1v) is 11.5. The van der Waals surface area contributed by atoms with Crippen LogP contribution >= 0.6 is 0 Å². The van der Waals surface area contributed by atoms with Gasteiger partial charge in [0.15, 0.2) is 0 Å². The molecule has 1 atom stereocenters. The van der Waals surface area contributed by atoms with Crippen LogP contribution in [0.25, 0.3) is 11.5 Å². The van der Waals surface area contributed by atoms with Crippen LogP contribution in [-0.4, -0.2) is 24.2 Å². The van der Waals surface area contributed by atoms with E-state index in [1.54, 1.807) is 0 Å². The Morgan fingerprint density at radius 2 is 2.06 bits per heavy atom. The van der Waals surface area contributed by atoms with E-state index in [0.717, 1.165) is 42.0 Å². The molecule has 5 heteroatoms. The van der Waals surface area contributed by atoms with Crippen LogP contribution in [0.2, 0.25) is 0 Å². The summed E-state index contributed by atoms with van der Waals surface area (Å²) in [7, 11) is 0. The second kappa shape index (κ2) is 10.0. The van der Waals surface area contributed by atoms with E-state index in [1.165, 1.54) is 16.7 Å². The number of benzene rings is 2. The molecule has 32 heavy (non-hydrogen) atoms. The number of aromatic nitrogens is 1. The minimum absolute atomic E-state index is 0.116. The lowest BCUT2D eigenvalue weighted by molar-refractivity contribution is -0.143. The van der Waals surface area contributed by atoms with Gasteiger partial charge >= 0.3 is 5.97 Å². The second-order valence-electron chi connectivity index (χ2n) is 8.28. The third-order valence-electron chi connectivity index (χ3n) is 6.12. The fourth-order valence-electron chi connectivity index (χ4n) is 4.38. The standard InChI is InChI=1S/C27H31NO4/c1-4-19-7-6-8-22(15-19)27-28-25(18(3)32-27)13-14-31-23-11-12-24-20(16-23)9-10-21(24)17-26(29)30-5-2/h6-8,11-12,15-16,21H,4-5,9-10,13-14,17H2,1-3H3/t21-/m0/s1. The van der Waals surface area contributed by atoms with Crippen molar-refractivity contribution in [2.24, 2.45) is 0 Å². The third-order valence-corrected chi connectivity index (χ3v) is 6.12. The number of rotatable bonds is 9. The van der Waals surface area contributed by atoms with E-state index in [0.29, 0.717) is 31.9 Å². The number of carbonyl (C=O) groups is 1. The summed E-state index contributed by atoms with van der Waals surface area (Å²) in [6.45, 7) is 6.90. The highest BCUT2D eigenvalue weighted by Crippen LogP contribution is 2.37. The average molecular weight is 434 g/mol. The lowest BCUT2D eigenvalue weighted by Gasteiger charge is -2.12. The van der Waals surface area contributed by atoms with Crippen molar-refractivity contribution in [2.75, 3.05) is 13.2 Å². The quantitative estimate of drug-likeness (QED) is 0.398. The zero-order valence-corrected chi connectivity index (χ0v) is 19.1. The monoisotopic (exact) mass is 433 g/mol. The lowest BCUT2D eigenvalue weighted by Crippen LogP contribution is -2.08. The van der Waals surface area contributed by atoms with E-state index in [2.05, 4.69) is 31.2 Å². The van der Waals surface area contributed by atoms with Crippen molar-refractivity contribution in [1.82, 2.24) is 4.98 Å². The van der Waals surface area contributed by atoms with E-state index in [1.807, 2.05) is 32.0 Å². The summed E-state index contributed by atoms with van der Waals surface area (Å²) in [5, 5.41) is 0. The van der Waals surface area contributed by atoms with Gasteiger partial charge in [0.05, 0.1) is 25.3 Å². The molecule has 1 aromatic heterocycles. The van der Waals surface area contributed by atoms with Crippen LogP contribution in [0.1, 0.15) is 60.8 Å². The molecule has 0 N–H and O–H groups in total. The smallest absolute Gasteiger partial charge is 0.306 e. The number of aryl methyl sites for hydroxylation is 3. The summed E-state index contributed by atoms with van der Waals surface area (Å²) in [6, 6.07) is 14.5. The molecule has 1 aliphatic carbocycles. The van der Waals surface area contributed by atoms with Crippen LogP contribution in [-0.2, 0) is 28.8 Å². The normalized spacial score (nSPS) is 14.9. The Morgan fingerprint density at radius 1 is 1.19 bits per heavy atom. The average Bonchev–Trinajstić information content (AvgIpc) is 3.37. The van der Waals surface area contributed by atoms with Gasteiger partial charge < -0.3 is 13.9 Å². The van der Waals surface area contributed by atoms with Gasteiger partial charge in [-0.05, 0) is 80.0 Å². The Bertz CT molecular complexity index is 1090. The van der Waals surface area contributed by atoms with Crippen LogP contribution in [0.4, 0.5) is 0 Å². The van der Waals surface area contributed by atoms with Crippen molar-refractivity contribution >= 4 is 5.97 Å². The molecule has 0 saturated heterocycles. The highest BCUT2D eigenvalue weighted by molar-refractivity contribution is 5.71. The SMILES string of the molecule is CCOC(=O)C[C@@H]1CCc2cc(OCCc3nc(-c4cccc(CC)c4)oc3C)ccc21. The van der Waals surface area contributed by atoms with Gasteiger partial charge in [-0.15, -0.1) is 0 Å². The second-order valence-corrected chi connectivity index (χ2v) is 8.28. The predicted octanol–water partition coefficient (Wildman–Crippen LogP) is 5.82. The van der Waals surface area contributed by atoms with Gasteiger partial charge in [-0.2, -0.15) is 0 Å². The summed E-state index contributed by atoms with van der Waals surface area (Å²) in [5.74, 6) is 2.49. The molecule has 0 saturated carbocycles. The van der Waals surface area contributed by atoms with Gasteiger partial charge in [0.2, 0.25) is 5.89 Å². The van der Waals surface area contributed by atoms with Gasteiger partial charge in [-0.1, -0.05) is 25.1 Å². The number of nitrogens with zero attached hydrogens (tertiary/aromatic N) is 1. The van der Waals surface area contributed by atoms with Crippen molar-refractivity contribution in [2.45, 2.75) is 58.8 Å². The fourth-order valence-corrected chi connectivity index (χ4v) is 4.38. The lowest BCUT2D eigenvalue weighted by atomic mass is 9.98. The minimum atomic E-state index is -0.116. The predicted molar refractivity (Wildman–Crippen MR) is 124 cm³/mol. The molecule has 1 heterocycles. The van der Waals surface area contributed by atoms with E-state index in [9.17, 15) is 4.79 Å². The molecule has 168 valence electrons. The summed E-state index contributed by atoms with van der Waals surface area (Å²) < 4.78 is 17.1. The Kier molecular flexibility index (Phi) is 6.93. The number of fused-ring (bicyclic) bond motifs is 1. The van der Waals surface area contributed by atoms with Crippen molar-refractivity contribution in [1.29, 1.82) is 0 Å². The highest BCUT2D eigenvalue weighted by atomic mass is 16.5. The van der Waals surface area contributed by atoms with Crippen LogP contribution in [0.3, 0.4) is 0 Å².